The number of ketones is 1. The van der Waals surface area contributed by atoms with Crippen molar-refractivity contribution in [3.8, 4) is 0 Å². The zero-order valence-corrected chi connectivity index (χ0v) is 23.5. The Morgan fingerprint density at radius 3 is 2.05 bits per heavy atom. The summed E-state index contributed by atoms with van der Waals surface area (Å²) in [5.41, 5.74) is -0.576. The number of amides is 1. The van der Waals surface area contributed by atoms with E-state index >= 15 is 0 Å². The van der Waals surface area contributed by atoms with Crippen LogP contribution in [0, 0.1) is 34.5 Å². The molecule has 9 heteroatoms. The van der Waals surface area contributed by atoms with E-state index in [1.54, 1.807) is 13.0 Å². The fourth-order valence-corrected chi connectivity index (χ4v) is 6.86. The molecule has 0 saturated heterocycles. The zero-order valence-electron chi connectivity index (χ0n) is 23.5. The van der Waals surface area contributed by atoms with Gasteiger partial charge in [0.05, 0.1) is 12.0 Å². The Balaban J connectivity index is 1.41. The maximum absolute atomic E-state index is 12.9. The van der Waals surface area contributed by atoms with Crippen LogP contribution in [0.5, 0.6) is 0 Å². The van der Waals surface area contributed by atoms with Crippen LogP contribution < -0.4 is 5.32 Å². The van der Waals surface area contributed by atoms with Crippen LogP contribution in [0.3, 0.4) is 0 Å². The summed E-state index contributed by atoms with van der Waals surface area (Å²) in [5.74, 6) is 0.115. The van der Waals surface area contributed by atoms with Crippen molar-refractivity contribution in [1.29, 1.82) is 0 Å². The molecule has 4 aliphatic rings. The Labute approximate surface area is 226 Å². The number of rotatable bonds is 13. The Hall–Kier alpha value is -1.81. The molecule has 1 amide bonds. The van der Waals surface area contributed by atoms with Gasteiger partial charge in [-0.3, -0.25) is 14.4 Å². The summed E-state index contributed by atoms with van der Waals surface area (Å²) in [4.78, 5) is 38.2. The third kappa shape index (κ3) is 7.64. The van der Waals surface area contributed by atoms with Crippen LogP contribution in [0.2, 0.25) is 0 Å². The van der Waals surface area contributed by atoms with Gasteiger partial charge < -0.3 is 30.1 Å². The molecule has 0 spiro atoms. The number of esters is 1. The van der Waals surface area contributed by atoms with Gasteiger partial charge in [-0.15, -0.1) is 0 Å². The lowest BCUT2D eigenvalue weighted by atomic mass is 9.49. The average molecular weight is 538 g/mol. The lowest BCUT2D eigenvalue weighted by molar-refractivity contribution is -0.171. The number of carbonyl (C=O) groups excluding carboxylic acids is 3. The van der Waals surface area contributed by atoms with Crippen molar-refractivity contribution in [2.24, 2.45) is 34.5 Å². The molecule has 4 fully saturated rings. The van der Waals surface area contributed by atoms with E-state index in [1.165, 1.54) is 32.4 Å². The topological polar surface area (TPSA) is 142 Å². The molecular weight excluding hydrogens is 490 g/mol. The molecule has 0 aromatic carbocycles. The molecule has 38 heavy (non-hydrogen) atoms. The second kappa shape index (κ2) is 12.6. The molecule has 0 aromatic heterocycles. The number of carbonyl (C=O) groups is 3. The van der Waals surface area contributed by atoms with Crippen molar-refractivity contribution in [3.05, 3.63) is 12.2 Å². The first-order valence-electron chi connectivity index (χ1n) is 14.0. The number of hydrogen-bond acceptors (Lipinski definition) is 8. The molecule has 0 aromatic rings. The Kier molecular flexibility index (Phi) is 10.2. The molecule has 5 atom stereocenters. The van der Waals surface area contributed by atoms with E-state index in [9.17, 15) is 29.7 Å². The summed E-state index contributed by atoms with van der Waals surface area (Å²) in [6.45, 7) is 7.56. The second-order valence-corrected chi connectivity index (χ2v) is 13.0. The van der Waals surface area contributed by atoms with Gasteiger partial charge in [-0.05, 0) is 61.7 Å². The van der Waals surface area contributed by atoms with Crippen molar-refractivity contribution < 1.29 is 39.2 Å². The number of aliphatic hydroxyl groups excluding tert-OH is 3. The number of allylic oxidation sites excluding steroid dienone is 1. The second-order valence-electron chi connectivity index (χ2n) is 13.0. The highest BCUT2D eigenvalue weighted by Gasteiger charge is 2.55. The fourth-order valence-electron chi connectivity index (χ4n) is 6.86. The van der Waals surface area contributed by atoms with E-state index in [1.807, 2.05) is 20.8 Å². The first kappa shape index (κ1) is 30.7. The molecule has 0 aliphatic heterocycles. The highest BCUT2D eigenvalue weighted by Crippen LogP contribution is 2.60. The first-order valence-corrected chi connectivity index (χ1v) is 14.0. The maximum atomic E-state index is 12.9. The summed E-state index contributed by atoms with van der Waals surface area (Å²) in [6.07, 6.45) is 3.24. The van der Waals surface area contributed by atoms with Gasteiger partial charge in [0, 0.05) is 19.4 Å². The molecule has 0 radical (unpaired) electrons. The lowest BCUT2D eigenvalue weighted by Gasteiger charge is -2.55. The number of aliphatic hydroxyl groups is 3. The maximum Gasteiger partial charge on any atom is 0.312 e. The van der Waals surface area contributed by atoms with Crippen LogP contribution >= 0.6 is 0 Å². The number of Topliss-reactive ketones (excluding diaryl/α,β-unsaturated/α-hetero) is 1. The van der Waals surface area contributed by atoms with E-state index in [0.29, 0.717) is 17.8 Å². The molecule has 216 valence electrons. The summed E-state index contributed by atoms with van der Waals surface area (Å²) >= 11 is 0. The molecule has 9 nitrogen and oxygen atoms in total. The highest BCUT2D eigenvalue weighted by molar-refractivity contribution is 5.89. The Morgan fingerprint density at radius 2 is 1.55 bits per heavy atom. The highest BCUT2D eigenvalue weighted by atomic mass is 16.5. The minimum absolute atomic E-state index is 0.0819. The van der Waals surface area contributed by atoms with Gasteiger partial charge in [0.15, 0.2) is 5.78 Å². The minimum atomic E-state index is -1.67. The smallest absolute Gasteiger partial charge is 0.312 e. The van der Waals surface area contributed by atoms with Gasteiger partial charge in [-0.1, -0.05) is 39.8 Å². The van der Waals surface area contributed by atoms with Gasteiger partial charge in [-0.2, -0.15) is 0 Å². The summed E-state index contributed by atoms with van der Waals surface area (Å²) in [6, 6.07) is 0. The lowest BCUT2D eigenvalue weighted by Crippen LogP contribution is -2.50. The third-order valence-corrected chi connectivity index (χ3v) is 8.44. The van der Waals surface area contributed by atoms with Crippen molar-refractivity contribution in [2.45, 2.75) is 97.1 Å². The normalized spacial score (nSPS) is 30.5. The molecule has 4 N–H and O–H groups in total. The average Bonchev–Trinajstić information content (AvgIpc) is 2.83. The Bertz CT molecular complexity index is 843. The quantitative estimate of drug-likeness (QED) is 0.159. The van der Waals surface area contributed by atoms with Crippen molar-refractivity contribution >= 4 is 17.7 Å². The standard InChI is InChI=1S/C29H47NO8/c1-17(10-22(32)25(37-5)24(34)23(33)21(31)6-7-28(2,3)4)26(35)30-8-9-38-27(36)29-14-18-11-19(15-29)13-20(12-18)16-29/h6-7,17-21,23-25,31,33-34H,8-16H2,1-5H3,(H,30,35)/b7-6+/t17-,18?,19?,20?,21-,23+,24-,25+,29?/m1/s1. The fraction of sp³-hybridized carbons (Fsp3) is 0.828. The summed E-state index contributed by atoms with van der Waals surface area (Å²) in [7, 11) is 1.22. The number of nitrogens with one attached hydrogen (secondary N) is 1. The van der Waals surface area contributed by atoms with Crippen LogP contribution in [-0.4, -0.2) is 77.7 Å². The van der Waals surface area contributed by atoms with Crippen LogP contribution in [-0.2, 0) is 23.9 Å². The molecular formula is C29H47NO8. The van der Waals surface area contributed by atoms with Crippen molar-refractivity contribution in [2.75, 3.05) is 20.3 Å². The van der Waals surface area contributed by atoms with E-state index in [0.717, 1.165) is 19.3 Å². The molecule has 4 aliphatic carbocycles. The first-order chi connectivity index (χ1) is 17.7. The van der Waals surface area contributed by atoms with E-state index in [-0.39, 0.29) is 42.3 Å². The number of hydrogen-bond donors (Lipinski definition) is 4. The molecule has 4 rings (SSSR count). The van der Waals surface area contributed by atoms with Gasteiger partial charge >= 0.3 is 5.97 Å². The SMILES string of the molecule is CO[C@@H](C(=O)C[C@@H](C)C(=O)NCCOC(=O)C12CC3CC(CC(C3)C1)C2)[C@H](O)[C@@H](O)[C@H](O)/C=C/C(C)(C)C. The van der Waals surface area contributed by atoms with E-state index < -0.39 is 36.1 Å². The molecule has 4 bridgehead atoms. The molecule has 4 saturated carbocycles. The monoisotopic (exact) mass is 537 g/mol. The van der Waals surface area contributed by atoms with Gasteiger partial charge in [0.1, 0.15) is 31.0 Å². The van der Waals surface area contributed by atoms with E-state index in [2.05, 4.69) is 5.32 Å². The number of ether oxygens (including phenoxy) is 2. The van der Waals surface area contributed by atoms with Crippen LogP contribution in [0.4, 0.5) is 0 Å². The predicted octanol–water partition coefficient (Wildman–Crippen LogP) is 2.16. The zero-order chi connectivity index (χ0) is 28.3. The van der Waals surface area contributed by atoms with Crippen molar-refractivity contribution in [1.82, 2.24) is 5.32 Å². The summed E-state index contributed by atoms with van der Waals surface area (Å²) < 4.78 is 10.7. The van der Waals surface area contributed by atoms with Gasteiger partial charge in [0.2, 0.25) is 5.91 Å². The molecule has 0 unspecified atom stereocenters. The minimum Gasteiger partial charge on any atom is -0.463 e. The van der Waals surface area contributed by atoms with Crippen LogP contribution in [0.15, 0.2) is 12.2 Å². The van der Waals surface area contributed by atoms with Gasteiger partial charge in [0.25, 0.3) is 0 Å². The third-order valence-electron chi connectivity index (χ3n) is 8.44. The molecule has 0 heterocycles. The van der Waals surface area contributed by atoms with E-state index in [4.69, 9.17) is 9.47 Å². The van der Waals surface area contributed by atoms with Crippen molar-refractivity contribution in [3.63, 3.8) is 0 Å². The largest absolute Gasteiger partial charge is 0.463 e. The Morgan fingerprint density at radius 1 is 1.00 bits per heavy atom. The van der Waals surface area contributed by atoms with Gasteiger partial charge in [-0.25, -0.2) is 0 Å². The predicted molar refractivity (Wildman–Crippen MR) is 141 cm³/mol. The number of methoxy groups -OCH3 is 1. The summed E-state index contributed by atoms with van der Waals surface area (Å²) in [5, 5.41) is 33.7. The van der Waals surface area contributed by atoms with Crippen LogP contribution in [0.1, 0.15) is 72.6 Å². The van der Waals surface area contributed by atoms with Crippen LogP contribution in [0.25, 0.3) is 0 Å².